The third-order valence-electron chi connectivity index (χ3n) is 1.46. The fraction of sp³-hybridized carbons (Fsp3) is 0.500. The lowest BCUT2D eigenvalue weighted by atomic mass is 10.4. The van der Waals surface area contributed by atoms with Crippen LogP contribution in [0.25, 0.3) is 0 Å². The van der Waals surface area contributed by atoms with Gasteiger partial charge in [-0.2, -0.15) is 0 Å². The van der Waals surface area contributed by atoms with Gasteiger partial charge in [-0.15, -0.1) is 11.3 Å². The van der Waals surface area contributed by atoms with E-state index in [9.17, 15) is 4.79 Å². The number of carbonyl (C=O) groups excluding carboxylic acids is 1. The van der Waals surface area contributed by atoms with Crippen molar-refractivity contribution >= 4 is 17.4 Å². The molecule has 1 aromatic rings. The van der Waals surface area contributed by atoms with Crippen LogP contribution in [-0.4, -0.2) is 24.7 Å². The largest absolute Gasteiger partial charge is 0.453 e. The summed E-state index contributed by atoms with van der Waals surface area (Å²) in [5.41, 5.74) is 0. The Labute approximate surface area is 80.9 Å². The number of carbonyl (C=O) groups is 1. The average molecular weight is 200 g/mol. The van der Waals surface area contributed by atoms with Crippen LogP contribution >= 0.6 is 11.3 Å². The van der Waals surface area contributed by atoms with Crippen LogP contribution in [0.15, 0.2) is 6.20 Å². The van der Waals surface area contributed by atoms with E-state index in [2.05, 4.69) is 15.0 Å². The van der Waals surface area contributed by atoms with Crippen molar-refractivity contribution in [1.29, 1.82) is 0 Å². The molecule has 0 bridgehead atoms. The summed E-state index contributed by atoms with van der Waals surface area (Å²) in [4.78, 5) is 16.0. The van der Waals surface area contributed by atoms with Crippen molar-refractivity contribution in [3.63, 3.8) is 0 Å². The normalized spacial score (nSPS) is 9.69. The second-order valence-electron chi connectivity index (χ2n) is 2.53. The average Bonchev–Trinajstić information content (AvgIpc) is 2.51. The molecule has 72 valence electrons. The van der Waals surface area contributed by atoms with Gasteiger partial charge in [-0.1, -0.05) is 0 Å². The number of nitrogens with one attached hydrogen (secondary N) is 1. The minimum absolute atomic E-state index is 0.395. The maximum Gasteiger partial charge on any atom is 0.406 e. The molecule has 0 saturated heterocycles. The van der Waals surface area contributed by atoms with Gasteiger partial charge in [0.1, 0.15) is 0 Å². The van der Waals surface area contributed by atoms with Gasteiger partial charge in [-0.3, -0.25) is 0 Å². The lowest BCUT2D eigenvalue weighted by molar-refractivity contribution is 0.171. The molecule has 0 radical (unpaired) electrons. The van der Waals surface area contributed by atoms with Crippen molar-refractivity contribution in [2.24, 2.45) is 0 Å². The maximum atomic E-state index is 10.7. The van der Waals surface area contributed by atoms with Gasteiger partial charge in [0.25, 0.3) is 0 Å². The Balaban J connectivity index is 2.24. The van der Waals surface area contributed by atoms with Crippen molar-refractivity contribution in [1.82, 2.24) is 10.3 Å². The summed E-state index contributed by atoms with van der Waals surface area (Å²) in [6.45, 7) is 2.58. The zero-order valence-electron chi connectivity index (χ0n) is 7.66. The first-order chi connectivity index (χ1) is 6.22. The van der Waals surface area contributed by atoms with Crippen molar-refractivity contribution in [3.8, 4) is 0 Å². The summed E-state index contributed by atoms with van der Waals surface area (Å²) >= 11 is 1.64. The second-order valence-corrected chi connectivity index (χ2v) is 3.85. The minimum Gasteiger partial charge on any atom is -0.453 e. The molecule has 0 aliphatic carbocycles. The number of alkyl carbamates (subject to hydrolysis) is 1. The molecule has 5 heteroatoms. The highest BCUT2D eigenvalue weighted by Gasteiger charge is 2.00. The van der Waals surface area contributed by atoms with E-state index in [1.807, 2.05) is 13.1 Å². The molecule has 1 amide bonds. The lowest BCUT2D eigenvalue weighted by Crippen LogP contribution is -2.25. The number of hydrogen-bond acceptors (Lipinski definition) is 4. The summed E-state index contributed by atoms with van der Waals surface area (Å²) in [6, 6.07) is 0. The fourth-order valence-electron chi connectivity index (χ4n) is 0.861. The molecule has 4 nitrogen and oxygen atoms in total. The standard InChI is InChI=1S/C8H12N2O2S/c1-6-5-10-7(13-6)3-4-9-8(11)12-2/h5H,3-4H2,1-2H3,(H,9,11). The third-order valence-corrected chi connectivity index (χ3v) is 2.44. The SMILES string of the molecule is COC(=O)NCCc1ncc(C)s1. The van der Waals surface area contributed by atoms with Crippen LogP contribution in [0, 0.1) is 6.92 Å². The van der Waals surface area contributed by atoms with E-state index in [1.54, 1.807) is 11.3 Å². The molecule has 0 atom stereocenters. The first-order valence-electron chi connectivity index (χ1n) is 3.95. The smallest absolute Gasteiger partial charge is 0.406 e. The lowest BCUT2D eigenvalue weighted by Gasteiger charge is -2.00. The Bertz CT molecular complexity index is 285. The summed E-state index contributed by atoms with van der Waals surface area (Å²) < 4.78 is 4.43. The number of nitrogens with zero attached hydrogens (tertiary/aromatic N) is 1. The first-order valence-corrected chi connectivity index (χ1v) is 4.77. The van der Waals surface area contributed by atoms with E-state index in [4.69, 9.17) is 0 Å². The Morgan fingerprint density at radius 3 is 3.08 bits per heavy atom. The zero-order chi connectivity index (χ0) is 9.68. The van der Waals surface area contributed by atoms with Gasteiger partial charge in [-0.25, -0.2) is 9.78 Å². The number of rotatable bonds is 3. The summed E-state index contributed by atoms with van der Waals surface area (Å²) in [5, 5.41) is 3.63. The zero-order valence-corrected chi connectivity index (χ0v) is 8.48. The number of amides is 1. The quantitative estimate of drug-likeness (QED) is 0.801. The molecule has 0 unspecified atom stereocenters. The topological polar surface area (TPSA) is 51.2 Å². The monoisotopic (exact) mass is 200 g/mol. The number of hydrogen-bond donors (Lipinski definition) is 1. The molecule has 0 aliphatic rings. The van der Waals surface area contributed by atoms with Crippen molar-refractivity contribution in [2.45, 2.75) is 13.3 Å². The summed E-state index contributed by atoms with van der Waals surface area (Å²) in [7, 11) is 1.35. The number of ether oxygens (including phenoxy) is 1. The number of thiazole rings is 1. The van der Waals surface area contributed by atoms with Crippen LogP contribution in [0.2, 0.25) is 0 Å². The molecule has 1 heterocycles. The van der Waals surface area contributed by atoms with E-state index < -0.39 is 6.09 Å². The number of methoxy groups -OCH3 is 1. The second kappa shape index (κ2) is 4.81. The van der Waals surface area contributed by atoms with Gasteiger partial charge in [0.2, 0.25) is 0 Å². The highest BCUT2D eigenvalue weighted by Crippen LogP contribution is 2.10. The van der Waals surface area contributed by atoms with Gasteiger partial charge in [0, 0.05) is 24.0 Å². The van der Waals surface area contributed by atoms with E-state index in [0.29, 0.717) is 6.54 Å². The predicted octanol–water partition coefficient (Wildman–Crippen LogP) is 1.35. The molecular formula is C8H12N2O2S. The van der Waals surface area contributed by atoms with Crippen LogP contribution in [0.3, 0.4) is 0 Å². The van der Waals surface area contributed by atoms with Crippen LogP contribution in [0.4, 0.5) is 4.79 Å². The molecule has 0 aromatic carbocycles. The molecule has 13 heavy (non-hydrogen) atoms. The maximum absolute atomic E-state index is 10.7. The molecule has 0 spiro atoms. The highest BCUT2D eigenvalue weighted by atomic mass is 32.1. The van der Waals surface area contributed by atoms with E-state index in [-0.39, 0.29) is 0 Å². The minimum atomic E-state index is -0.395. The van der Waals surface area contributed by atoms with Crippen molar-refractivity contribution in [3.05, 3.63) is 16.1 Å². The van der Waals surface area contributed by atoms with E-state index in [1.165, 1.54) is 12.0 Å². The molecule has 1 N–H and O–H groups in total. The van der Waals surface area contributed by atoms with Gasteiger partial charge < -0.3 is 10.1 Å². The number of aryl methyl sites for hydroxylation is 1. The van der Waals surface area contributed by atoms with Crippen LogP contribution in [0.5, 0.6) is 0 Å². The fourth-order valence-corrected chi connectivity index (χ4v) is 1.65. The molecule has 0 fully saturated rings. The molecule has 0 saturated carbocycles. The van der Waals surface area contributed by atoms with Crippen molar-refractivity contribution < 1.29 is 9.53 Å². The van der Waals surface area contributed by atoms with Crippen molar-refractivity contribution in [2.75, 3.05) is 13.7 Å². The Hall–Kier alpha value is -1.10. The summed E-state index contributed by atoms with van der Waals surface area (Å²) in [5.74, 6) is 0. The van der Waals surface area contributed by atoms with Gasteiger partial charge in [0.05, 0.1) is 12.1 Å². The Morgan fingerprint density at radius 2 is 2.54 bits per heavy atom. The third kappa shape index (κ3) is 3.42. The van der Waals surface area contributed by atoms with Crippen LogP contribution in [0.1, 0.15) is 9.88 Å². The molecule has 1 rings (SSSR count). The molecular weight excluding hydrogens is 188 g/mol. The van der Waals surface area contributed by atoms with Gasteiger partial charge >= 0.3 is 6.09 Å². The Kier molecular flexibility index (Phi) is 3.70. The molecule has 0 aliphatic heterocycles. The van der Waals surface area contributed by atoms with Crippen LogP contribution < -0.4 is 5.32 Å². The van der Waals surface area contributed by atoms with E-state index in [0.717, 1.165) is 11.4 Å². The van der Waals surface area contributed by atoms with Gasteiger partial charge in [-0.05, 0) is 6.92 Å². The number of aromatic nitrogens is 1. The highest BCUT2D eigenvalue weighted by molar-refractivity contribution is 7.11. The Morgan fingerprint density at radius 1 is 1.77 bits per heavy atom. The predicted molar refractivity (Wildman–Crippen MR) is 51.0 cm³/mol. The molecule has 1 aromatic heterocycles. The van der Waals surface area contributed by atoms with Crippen LogP contribution in [-0.2, 0) is 11.2 Å². The van der Waals surface area contributed by atoms with Gasteiger partial charge in [0.15, 0.2) is 0 Å². The van der Waals surface area contributed by atoms with E-state index >= 15 is 0 Å². The first kappa shape index (κ1) is 9.98. The summed E-state index contributed by atoms with van der Waals surface area (Å²) in [6.07, 6.45) is 2.19.